The highest BCUT2D eigenvalue weighted by Crippen LogP contribution is 2.33. The Hall–Kier alpha value is -1.88. The molecule has 5 heteroatoms. The summed E-state index contributed by atoms with van der Waals surface area (Å²) in [5, 5.41) is 0. The van der Waals surface area contributed by atoms with Crippen molar-refractivity contribution < 1.29 is 17.6 Å². The maximum atomic E-state index is 12.8. The number of benzene rings is 2. The highest BCUT2D eigenvalue weighted by Gasteiger charge is 2.30. The summed E-state index contributed by atoms with van der Waals surface area (Å²) in [7, 11) is 0. The van der Waals surface area contributed by atoms with E-state index in [2.05, 4.69) is 0 Å². The van der Waals surface area contributed by atoms with E-state index in [1.165, 1.54) is 30.3 Å². The van der Waals surface area contributed by atoms with Crippen molar-refractivity contribution in [3.63, 3.8) is 0 Å². The largest absolute Gasteiger partial charge is 0.416 e. The smallest absolute Gasteiger partial charge is 0.326 e. The molecule has 1 nitrogen and oxygen atoms in total. The lowest BCUT2D eigenvalue weighted by Crippen LogP contribution is -2.08. The Balaban J connectivity index is 2.50. The molecule has 2 rings (SSSR count). The molecule has 0 spiro atoms. The van der Waals surface area contributed by atoms with Crippen LogP contribution in [-0.2, 0) is 12.7 Å². The van der Waals surface area contributed by atoms with Crippen LogP contribution in [0.4, 0.5) is 17.6 Å². The van der Waals surface area contributed by atoms with Gasteiger partial charge in [-0.2, -0.15) is 13.2 Å². The van der Waals surface area contributed by atoms with Gasteiger partial charge in [-0.3, -0.25) is 0 Å². The van der Waals surface area contributed by atoms with Crippen LogP contribution in [0.5, 0.6) is 0 Å². The maximum absolute atomic E-state index is 12.8. The standard InChI is InChI=1S/C14H11F4N/c15-12-4-1-9(2-5-12)13-6-3-11(14(16,17)18)7-10(13)8-19/h1-7H,8,19H2. The number of halogens is 4. The van der Waals surface area contributed by atoms with Gasteiger partial charge in [0, 0.05) is 6.54 Å². The van der Waals surface area contributed by atoms with Gasteiger partial charge in [0.05, 0.1) is 5.56 Å². The van der Waals surface area contributed by atoms with Gasteiger partial charge in [-0.1, -0.05) is 18.2 Å². The molecule has 2 N–H and O–H groups in total. The van der Waals surface area contributed by atoms with E-state index in [1.807, 2.05) is 0 Å². The summed E-state index contributed by atoms with van der Waals surface area (Å²) >= 11 is 0. The third-order valence-corrected chi connectivity index (χ3v) is 2.81. The van der Waals surface area contributed by atoms with Crippen molar-refractivity contribution in [3.05, 3.63) is 59.4 Å². The molecule has 0 unspecified atom stereocenters. The van der Waals surface area contributed by atoms with Crippen LogP contribution in [-0.4, -0.2) is 0 Å². The minimum absolute atomic E-state index is 0.0172. The Morgan fingerprint density at radius 3 is 2.11 bits per heavy atom. The van der Waals surface area contributed by atoms with Gasteiger partial charge >= 0.3 is 6.18 Å². The molecule has 0 amide bonds. The summed E-state index contributed by atoms with van der Waals surface area (Å²) in [4.78, 5) is 0. The zero-order valence-electron chi connectivity index (χ0n) is 9.84. The normalized spacial score (nSPS) is 11.6. The highest BCUT2D eigenvalue weighted by molar-refractivity contribution is 5.68. The summed E-state index contributed by atoms with van der Waals surface area (Å²) in [6, 6.07) is 8.92. The zero-order valence-corrected chi connectivity index (χ0v) is 9.84. The summed E-state index contributed by atoms with van der Waals surface area (Å²) in [6.07, 6.45) is -4.40. The second kappa shape index (κ2) is 5.01. The molecule has 0 aromatic heterocycles. The van der Waals surface area contributed by atoms with Gasteiger partial charge in [0.1, 0.15) is 5.82 Å². The number of nitrogens with two attached hydrogens (primary N) is 1. The molecule has 19 heavy (non-hydrogen) atoms. The van der Waals surface area contributed by atoms with E-state index >= 15 is 0 Å². The van der Waals surface area contributed by atoms with Crippen LogP contribution >= 0.6 is 0 Å². The molecule has 0 bridgehead atoms. The molecule has 2 aromatic carbocycles. The molecule has 0 radical (unpaired) electrons. The van der Waals surface area contributed by atoms with Crippen molar-refractivity contribution in [2.24, 2.45) is 5.73 Å². The fourth-order valence-electron chi connectivity index (χ4n) is 1.85. The molecule has 0 aliphatic rings. The molecular weight excluding hydrogens is 258 g/mol. The lowest BCUT2D eigenvalue weighted by molar-refractivity contribution is -0.137. The highest BCUT2D eigenvalue weighted by atomic mass is 19.4. The third-order valence-electron chi connectivity index (χ3n) is 2.81. The van der Waals surface area contributed by atoms with Gasteiger partial charge in [0.15, 0.2) is 0 Å². The Morgan fingerprint density at radius 1 is 0.947 bits per heavy atom. The van der Waals surface area contributed by atoms with E-state index in [4.69, 9.17) is 5.73 Å². The van der Waals surface area contributed by atoms with E-state index in [-0.39, 0.29) is 6.54 Å². The molecule has 0 aliphatic heterocycles. The molecule has 0 saturated heterocycles. The number of hydrogen-bond donors (Lipinski definition) is 1. The number of alkyl halides is 3. The van der Waals surface area contributed by atoms with E-state index in [1.54, 1.807) is 0 Å². The topological polar surface area (TPSA) is 26.0 Å². The van der Waals surface area contributed by atoms with Crippen LogP contribution in [0.1, 0.15) is 11.1 Å². The quantitative estimate of drug-likeness (QED) is 0.820. The second-order valence-corrected chi connectivity index (χ2v) is 4.08. The third kappa shape index (κ3) is 2.93. The average Bonchev–Trinajstić information content (AvgIpc) is 2.38. The first-order valence-corrected chi connectivity index (χ1v) is 5.58. The summed E-state index contributed by atoms with van der Waals surface area (Å²) < 4.78 is 50.6. The lowest BCUT2D eigenvalue weighted by Gasteiger charge is -2.12. The molecule has 0 saturated carbocycles. The Labute approximate surface area is 107 Å². The molecule has 0 heterocycles. The van der Waals surface area contributed by atoms with E-state index in [0.29, 0.717) is 16.7 Å². The van der Waals surface area contributed by atoms with Crippen molar-refractivity contribution in [3.8, 4) is 11.1 Å². The lowest BCUT2D eigenvalue weighted by atomic mass is 9.97. The van der Waals surface area contributed by atoms with E-state index < -0.39 is 17.6 Å². The Bertz CT molecular complexity index is 573. The van der Waals surface area contributed by atoms with Crippen molar-refractivity contribution in [2.45, 2.75) is 12.7 Å². The van der Waals surface area contributed by atoms with Crippen LogP contribution in [0.3, 0.4) is 0 Å². The monoisotopic (exact) mass is 269 g/mol. The predicted octanol–water partition coefficient (Wildman–Crippen LogP) is 3.97. The Kier molecular flexibility index (Phi) is 3.57. The van der Waals surface area contributed by atoms with Gasteiger partial charge in [-0.05, 0) is 41.0 Å². The minimum atomic E-state index is -4.40. The molecule has 100 valence electrons. The predicted molar refractivity (Wildman–Crippen MR) is 64.7 cm³/mol. The molecule has 0 aliphatic carbocycles. The van der Waals surface area contributed by atoms with Crippen LogP contribution in [0.25, 0.3) is 11.1 Å². The van der Waals surface area contributed by atoms with Gasteiger partial charge in [0.2, 0.25) is 0 Å². The summed E-state index contributed by atoms with van der Waals surface area (Å²) in [5.41, 5.74) is 6.34. The van der Waals surface area contributed by atoms with Crippen LogP contribution < -0.4 is 5.73 Å². The van der Waals surface area contributed by atoms with E-state index in [9.17, 15) is 17.6 Å². The van der Waals surface area contributed by atoms with Crippen molar-refractivity contribution in [2.75, 3.05) is 0 Å². The Morgan fingerprint density at radius 2 is 1.58 bits per heavy atom. The first kappa shape index (κ1) is 13.5. The average molecular weight is 269 g/mol. The summed E-state index contributed by atoms with van der Waals surface area (Å²) in [5.74, 6) is -0.398. The van der Waals surface area contributed by atoms with Crippen molar-refractivity contribution >= 4 is 0 Å². The van der Waals surface area contributed by atoms with E-state index in [0.717, 1.165) is 12.1 Å². The maximum Gasteiger partial charge on any atom is 0.416 e. The summed E-state index contributed by atoms with van der Waals surface area (Å²) in [6.45, 7) is -0.0172. The van der Waals surface area contributed by atoms with Gasteiger partial charge < -0.3 is 5.73 Å². The minimum Gasteiger partial charge on any atom is -0.326 e. The fourth-order valence-corrected chi connectivity index (χ4v) is 1.85. The van der Waals surface area contributed by atoms with Crippen molar-refractivity contribution in [1.29, 1.82) is 0 Å². The second-order valence-electron chi connectivity index (χ2n) is 4.08. The first-order valence-electron chi connectivity index (χ1n) is 5.58. The van der Waals surface area contributed by atoms with Crippen LogP contribution in [0, 0.1) is 5.82 Å². The molecule has 2 aromatic rings. The van der Waals surface area contributed by atoms with Gasteiger partial charge in [0.25, 0.3) is 0 Å². The fraction of sp³-hybridized carbons (Fsp3) is 0.143. The van der Waals surface area contributed by atoms with Crippen LogP contribution in [0.2, 0.25) is 0 Å². The first-order chi connectivity index (χ1) is 8.91. The SMILES string of the molecule is NCc1cc(C(F)(F)F)ccc1-c1ccc(F)cc1. The van der Waals surface area contributed by atoms with Gasteiger partial charge in [-0.25, -0.2) is 4.39 Å². The number of hydrogen-bond acceptors (Lipinski definition) is 1. The van der Waals surface area contributed by atoms with Gasteiger partial charge in [-0.15, -0.1) is 0 Å². The molecular formula is C14H11F4N. The van der Waals surface area contributed by atoms with Crippen molar-refractivity contribution in [1.82, 2.24) is 0 Å². The number of rotatable bonds is 2. The van der Waals surface area contributed by atoms with Crippen LogP contribution in [0.15, 0.2) is 42.5 Å². The zero-order chi connectivity index (χ0) is 14.0. The molecule has 0 atom stereocenters. The molecule has 0 fully saturated rings.